The number of nitrogens with zero attached hydrogens (tertiary/aromatic N) is 3. The van der Waals surface area contributed by atoms with Gasteiger partial charge in [-0.15, -0.1) is 0 Å². The van der Waals surface area contributed by atoms with Gasteiger partial charge in [0.2, 0.25) is 0 Å². The second-order valence-corrected chi connectivity index (χ2v) is 8.25. The van der Waals surface area contributed by atoms with Crippen LogP contribution < -0.4 is 5.43 Å². The first-order valence-electron chi connectivity index (χ1n) is 10.6. The number of fused-ring (bicyclic) bond motifs is 1. The standard InChI is InChI=1S/C25H24N4O2/c1-18-15-20(30)16-21(26-18)24(31)28-13-10-25(11-14-28,19-7-3-2-4-8-19)22-17-29-12-6-5-9-23(29)27-22/h2-9,12,15-17H,10-11,13-14H2,1H3,(H,26,30). The lowest BCUT2D eigenvalue weighted by molar-refractivity contribution is 0.0678. The van der Waals surface area contributed by atoms with Crippen LogP contribution in [-0.2, 0) is 5.41 Å². The number of likely N-dealkylation sites (tertiary alicyclic amines) is 1. The molecule has 0 bridgehead atoms. The maximum Gasteiger partial charge on any atom is 0.270 e. The molecule has 0 radical (unpaired) electrons. The molecular formula is C25H24N4O2. The number of carbonyl (C=O) groups is 1. The third-order valence-electron chi connectivity index (χ3n) is 6.29. The van der Waals surface area contributed by atoms with Crippen molar-refractivity contribution in [1.29, 1.82) is 0 Å². The van der Waals surface area contributed by atoms with Crippen LogP contribution in [0.1, 0.15) is 40.3 Å². The second-order valence-electron chi connectivity index (χ2n) is 8.25. The van der Waals surface area contributed by atoms with Crippen molar-refractivity contribution >= 4 is 11.6 Å². The van der Waals surface area contributed by atoms with Crippen molar-refractivity contribution in [2.24, 2.45) is 0 Å². The van der Waals surface area contributed by atoms with Gasteiger partial charge in [-0.05, 0) is 37.5 Å². The van der Waals surface area contributed by atoms with Gasteiger partial charge in [0.1, 0.15) is 11.3 Å². The first-order chi connectivity index (χ1) is 15.0. The van der Waals surface area contributed by atoms with E-state index in [9.17, 15) is 9.59 Å². The highest BCUT2D eigenvalue weighted by atomic mass is 16.2. The van der Waals surface area contributed by atoms with E-state index in [1.54, 1.807) is 6.92 Å². The molecule has 0 atom stereocenters. The van der Waals surface area contributed by atoms with Crippen molar-refractivity contribution in [3.05, 3.63) is 106 Å². The molecule has 0 aliphatic carbocycles. The Labute approximate surface area is 180 Å². The molecule has 4 heterocycles. The van der Waals surface area contributed by atoms with Crippen LogP contribution in [-0.4, -0.2) is 38.3 Å². The summed E-state index contributed by atoms with van der Waals surface area (Å²) in [4.78, 5) is 34.7. The molecule has 1 aliphatic rings. The Morgan fingerprint density at radius 3 is 2.48 bits per heavy atom. The molecule has 0 spiro atoms. The minimum Gasteiger partial charge on any atom is -0.354 e. The van der Waals surface area contributed by atoms with Gasteiger partial charge in [0, 0.05) is 48.7 Å². The molecule has 156 valence electrons. The average Bonchev–Trinajstić information content (AvgIpc) is 3.23. The molecule has 3 aromatic heterocycles. The first-order valence-corrected chi connectivity index (χ1v) is 10.6. The van der Waals surface area contributed by atoms with Crippen molar-refractivity contribution < 1.29 is 4.79 Å². The van der Waals surface area contributed by atoms with Crippen LogP contribution in [0.15, 0.2) is 77.9 Å². The highest BCUT2D eigenvalue weighted by Gasteiger charge is 2.41. The quantitative estimate of drug-likeness (QED) is 0.559. The number of piperidine rings is 1. The second kappa shape index (κ2) is 7.54. The Hall–Kier alpha value is -3.67. The lowest BCUT2D eigenvalue weighted by atomic mass is 9.70. The minimum absolute atomic E-state index is 0.127. The summed E-state index contributed by atoms with van der Waals surface area (Å²) in [5.74, 6) is -0.127. The molecule has 6 heteroatoms. The minimum atomic E-state index is -0.260. The third kappa shape index (κ3) is 3.44. The largest absolute Gasteiger partial charge is 0.354 e. The van der Waals surface area contributed by atoms with Crippen molar-refractivity contribution in [2.75, 3.05) is 13.1 Å². The van der Waals surface area contributed by atoms with E-state index >= 15 is 0 Å². The fraction of sp³-hybridized carbons (Fsp3) is 0.240. The van der Waals surface area contributed by atoms with Crippen LogP contribution in [0.5, 0.6) is 0 Å². The molecule has 1 N–H and O–H groups in total. The number of aromatic amines is 1. The van der Waals surface area contributed by atoms with Crippen molar-refractivity contribution in [2.45, 2.75) is 25.2 Å². The van der Waals surface area contributed by atoms with E-state index in [4.69, 9.17) is 4.98 Å². The van der Waals surface area contributed by atoms with Crippen molar-refractivity contribution in [1.82, 2.24) is 19.3 Å². The Morgan fingerprint density at radius 1 is 1.03 bits per heavy atom. The van der Waals surface area contributed by atoms with Crippen LogP contribution in [0.4, 0.5) is 0 Å². The molecule has 1 aromatic carbocycles. The van der Waals surface area contributed by atoms with Crippen molar-refractivity contribution in [3.8, 4) is 0 Å². The SMILES string of the molecule is Cc1cc(=O)cc(C(=O)N2CCC(c3ccccc3)(c3cn4ccccc4n3)CC2)[nH]1. The molecule has 4 aromatic rings. The third-order valence-corrected chi connectivity index (χ3v) is 6.29. The molecule has 1 amide bonds. The molecule has 0 saturated carbocycles. The van der Waals surface area contributed by atoms with Gasteiger partial charge in [-0.25, -0.2) is 4.98 Å². The zero-order valence-electron chi connectivity index (χ0n) is 17.4. The Bertz CT molecular complexity index is 1260. The van der Waals surface area contributed by atoms with Gasteiger partial charge < -0.3 is 14.3 Å². The number of amides is 1. The number of hydrogen-bond acceptors (Lipinski definition) is 3. The number of hydrogen-bond donors (Lipinski definition) is 1. The normalized spacial score (nSPS) is 15.8. The zero-order chi connectivity index (χ0) is 21.4. The summed E-state index contributed by atoms with van der Waals surface area (Å²) < 4.78 is 2.05. The number of rotatable bonds is 3. The van der Waals surface area contributed by atoms with Gasteiger partial charge in [0.05, 0.1) is 5.69 Å². The Morgan fingerprint density at radius 2 is 1.77 bits per heavy atom. The van der Waals surface area contributed by atoms with E-state index in [1.807, 2.05) is 35.4 Å². The predicted molar refractivity (Wildman–Crippen MR) is 119 cm³/mol. The average molecular weight is 412 g/mol. The maximum absolute atomic E-state index is 13.1. The Kier molecular flexibility index (Phi) is 4.70. The highest BCUT2D eigenvalue weighted by molar-refractivity contribution is 5.92. The summed E-state index contributed by atoms with van der Waals surface area (Å²) in [5, 5.41) is 0. The summed E-state index contributed by atoms with van der Waals surface area (Å²) in [7, 11) is 0. The number of aromatic nitrogens is 3. The molecule has 1 saturated heterocycles. The van der Waals surface area contributed by atoms with Crippen LogP contribution >= 0.6 is 0 Å². The number of benzene rings is 1. The van der Waals surface area contributed by atoms with Gasteiger partial charge in [0.15, 0.2) is 5.43 Å². The molecule has 31 heavy (non-hydrogen) atoms. The summed E-state index contributed by atoms with van der Waals surface area (Å²) in [6.45, 7) is 2.98. The van der Waals surface area contributed by atoms with Gasteiger partial charge in [-0.2, -0.15) is 0 Å². The van der Waals surface area contributed by atoms with Gasteiger partial charge >= 0.3 is 0 Å². The fourth-order valence-electron chi connectivity index (χ4n) is 4.67. The number of aryl methyl sites for hydroxylation is 1. The Balaban J connectivity index is 1.49. The van der Waals surface area contributed by atoms with E-state index in [1.165, 1.54) is 17.7 Å². The summed E-state index contributed by atoms with van der Waals surface area (Å²) >= 11 is 0. The van der Waals surface area contributed by atoms with Gasteiger partial charge in [0.25, 0.3) is 5.91 Å². The topological polar surface area (TPSA) is 70.5 Å². The van der Waals surface area contributed by atoms with E-state index in [0.29, 0.717) is 24.5 Å². The zero-order valence-corrected chi connectivity index (χ0v) is 17.4. The van der Waals surface area contributed by atoms with Crippen molar-refractivity contribution in [3.63, 3.8) is 0 Å². The number of nitrogens with one attached hydrogen (secondary N) is 1. The lowest BCUT2D eigenvalue weighted by Gasteiger charge is -2.41. The molecule has 5 rings (SSSR count). The number of imidazole rings is 1. The first kappa shape index (κ1) is 19.3. The molecule has 1 aliphatic heterocycles. The van der Waals surface area contributed by atoms with Crippen LogP contribution in [0, 0.1) is 6.92 Å². The molecule has 1 fully saturated rings. The number of pyridine rings is 2. The summed E-state index contributed by atoms with van der Waals surface area (Å²) in [6.07, 6.45) is 5.65. The maximum atomic E-state index is 13.1. The summed E-state index contributed by atoms with van der Waals surface area (Å²) in [5.41, 5.74) is 3.80. The highest BCUT2D eigenvalue weighted by Crippen LogP contribution is 2.41. The monoisotopic (exact) mass is 412 g/mol. The lowest BCUT2D eigenvalue weighted by Crippen LogP contribution is -2.46. The molecule has 0 unspecified atom stereocenters. The van der Waals surface area contributed by atoms with Gasteiger partial charge in [-0.3, -0.25) is 9.59 Å². The molecule has 6 nitrogen and oxygen atoms in total. The van der Waals surface area contributed by atoms with E-state index in [0.717, 1.165) is 24.2 Å². The number of carbonyl (C=O) groups excluding carboxylic acids is 1. The molecular weight excluding hydrogens is 388 g/mol. The van der Waals surface area contributed by atoms with E-state index in [2.05, 4.69) is 39.8 Å². The predicted octanol–water partition coefficient (Wildman–Crippen LogP) is 3.55. The van der Waals surface area contributed by atoms with Gasteiger partial charge in [-0.1, -0.05) is 36.4 Å². The smallest absolute Gasteiger partial charge is 0.270 e. The van der Waals surface area contributed by atoms with Crippen LogP contribution in [0.3, 0.4) is 0 Å². The van der Waals surface area contributed by atoms with Crippen LogP contribution in [0.2, 0.25) is 0 Å². The number of H-pyrrole nitrogens is 1. The van der Waals surface area contributed by atoms with E-state index in [-0.39, 0.29) is 16.8 Å². The van der Waals surface area contributed by atoms with Crippen LogP contribution in [0.25, 0.3) is 5.65 Å². The summed E-state index contributed by atoms with van der Waals surface area (Å²) in [6, 6.07) is 19.3. The van der Waals surface area contributed by atoms with E-state index < -0.39 is 0 Å². The fourth-order valence-corrected chi connectivity index (χ4v) is 4.67.